The third-order valence-corrected chi connectivity index (χ3v) is 3.71. The standard InChI is InChI=1S/C20H20ClN3O3/c1-3-10-27-18-9-8-17(21)11-16(18)13-23-24-20(26)19(25)22-12-15-6-4-14(2)5-7-15/h3-9,11,13H,1,10,12H2,2H3,(H,22,25)(H,24,26)/b23-13-. The monoisotopic (exact) mass is 385 g/mol. The molecule has 0 fully saturated rings. The number of hydrogen-bond donors (Lipinski definition) is 2. The van der Waals surface area contributed by atoms with Crippen LogP contribution in [0, 0.1) is 6.92 Å². The van der Waals surface area contributed by atoms with E-state index < -0.39 is 11.8 Å². The summed E-state index contributed by atoms with van der Waals surface area (Å²) >= 11 is 5.96. The second-order valence-corrected chi connectivity index (χ2v) is 6.09. The molecule has 2 N–H and O–H groups in total. The van der Waals surface area contributed by atoms with Gasteiger partial charge in [-0.25, -0.2) is 5.43 Å². The van der Waals surface area contributed by atoms with E-state index in [9.17, 15) is 9.59 Å². The van der Waals surface area contributed by atoms with Crippen molar-refractivity contribution in [2.75, 3.05) is 6.61 Å². The van der Waals surface area contributed by atoms with Gasteiger partial charge in [0, 0.05) is 17.1 Å². The number of carbonyl (C=O) groups excluding carboxylic acids is 2. The molecular weight excluding hydrogens is 366 g/mol. The largest absolute Gasteiger partial charge is 0.489 e. The Bertz CT molecular complexity index is 848. The van der Waals surface area contributed by atoms with Crippen LogP contribution in [0.15, 0.2) is 60.2 Å². The summed E-state index contributed by atoms with van der Waals surface area (Å²) in [6.07, 6.45) is 2.96. The molecule has 0 aromatic heterocycles. The van der Waals surface area contributed by atoms with Crippen LogP contribution in [0.2, 0.25) is 5.02 Å². The fourth-order valence-electron chi connectivity index (χ4n) is 2.08. The van der Waals surface area contributed by atoms with Crippen molar-refractivity contribution in [2.45, 2.75) is 13.5 Å². The quantitative estimate of drug-likeness (QED) is 0.333. The molecule has 0 unspecified atom stereocenters. The Morgan fingerprint density at radius 3 is 2.63 bits per heavy atom. The van der Waals surface area contributed by atoms with E-state index in [-0.39, 0.29) is 6.54 Å². The number of benzene rings is 2. The number of rotatable bonds is 7. The number of halogens is 1. The minimum Gasteiger partial charge on any atom is -0.489 e. The van der Waals surface area contributed by atoms with E-state index in [0.717, 1.165) is 11.1 Å². The third kappa shape index (κ3) is 6.60. The summed E-state index contributed by atoms with van der Waals surface area (Å²) in [5.74, 6) is -1.11. The zero-order valence-electron chi connectivity index (χ0n) is 14.9. The van der Waals surface area contributed by atoms with E-state index in [1.165, 1.54) is 6.21 Å². The maximum atomic E-state index is 11.8. The molecule has 2 rings (SSSR count). The highest BCUT2D eigenvalue weighted by Crippen LogP contribution is 2.21. The molecule has 27 heavy (non-hydrogen) atoms. The first kappa shape index (κ1) is 20.2. The van der Waals surface area contributed by atoms with Crippen molar-refractivity contribution in [2.24, 2.45) is 5.10 Å². The molecule has 0 saturated carbocycles. The molecule has 2 aromatic carbocycles. The van der Waals surface area contributed by atoms with Crippen molar-refractivity contribution >= 4 is 29.6 Å². The van der Waals surface area contributed by atoms with Crippen LogP contribution in [0.1, 0.15) is 16.7 Å². The lowest BCUT2D eigenvalue weighted by Gasteiger charge is -2.07. The first-order valence-electron chi connectivity index (χ1n) is 8.19. The van der Waals surface area contributed by atoms with Crippen LogP contribution in [0.3, 0.4) is 0 Å². The molecule has 0 atom stereocenters. The maximum Gasteiger partial charge on any atom is 0.329 e. The van der Waals surface area contributed by atoms with Gasteiger partial charge in [-0.15, -0.1) is 0 Å². The Hall–Kier alpha value is -3.12. The molecule has 2 amide bonds. The molecule has 2 aromatic rings. The van der Waals surface area contributed by atoms with E-state index in [4.69, 9.17) is 16.3 Å². The number of aryl methyl sites for hydroxylation is 1. The number of carbonyl (C=O) groups is 2. The van der Waals surface area contributed by atoms with Crippen LogP contribution in [0.5, 0.6) is 5.75 Å². The van der Waals surface area contributed by atoms with Gasteiger partial charge in [-0.1, -0.05) is 54.1 Å². The molecule has 0 saturated heterocycles. The Labute approximate surface area is 162 Å². The number of nitrogens with zero attached hydrogens (tertiary/aromatic N) is 1. The van der Waals surface area contributed by atoms with Gasteiger partial charge < -0.3 is 10.1 Å². The van der Waals surface area contributed by atoms with Gasteiger partial charge in [0.25, 0.3) is 0 Å². The van der Waals surface area contributed by atoms with Crippen LogP contribution in [-0.4, -0.2) is 24.6 Å². The fraction of sp³-hybridized carbons (Fsp3) is 0.150. The minimum atomic E-state index is -0.867. The third-order valence-electron chi connectivity index (χ3n) is 3.48. The number of amides is 2. The van der Waals surface area contributed by atoms with Crippen molar-refractivity contribution in [1.82, 2.24) is 10.7 Å². The van der Waals surface area contributed by atoms with Gasteiger partial charge in [0.15, 0.2) is 0 Å². The van der Waals surface area contributed by atoms with Gasteiger partial charge in [-0.2, -0.15) is 5.10 Å². The Kier molecular flexibility index (Phi) is 7.58. The van der Waals surface area contributed by atoms with Crippen molar-refractivity contribution in [3.8, 4) is 5.75 Å². The summed E-state index contributed by atoms with van der Waals surface area (Å²) in [6, 6.07) is 12.6. The van der Waals surface area contributed by atoms with Gasteiger partial charge in [0.2, 0.25) is 0 Å². The van der Waals surface area contributed by atoms with Crippen molar-refractivity contribution in [1.29, 1.82) is 0 Å². The highest BCUT2D eigenvalue weighted by molar-refractivity contribution is 6.35. The van der Waals surface area contributed by atoms with Crippen molar-refractivity contribution in [3.63, 3.8) is 0 Å². The molecule has 0 bridgehead atoms. The summed E-state index contributed by atoms with van der Waals surface area (Å²) in [5, 5.41) is 6.81. The number of hydrogen-bond acceptors (Lipinski definition) is 4. The Morgan fingerprint density at radius 2 is 1.93 bits per heavy atom. The van der Waals surface area contributed by atoms with Gasteiger partial charge in [0.1, 0.15) is 12.4 Å². The molecule has 6 nitrogen and oxygen atoms in total. The molecule has 0 heterocycles. The van der Waals surface area contributed by atoms with E-state index in [0.29, 0.717) is 22.9 Å². The number of hydrazone groups is 1. The van der Waals surface area contributed by atoms with E-state index in [2.05, 4.69) is 22.4 Å². The lowest BCUT2D eigenvalue weighted by molar-refractivity contribution is -0.139. The number of ether oxygens (including phenoxy) is 1. The zero-order chi connectivity index (χ0) is 19.6. The van der Waals surface area contributed by atoms with Crippen molar-refractivity contribution in [3.05, 3.63) is 76.8 Å². The second kappa shape index (κ2) is 10.1. The number of nitrogens with one attached hydrogen (secondary N) is 2. The Morgan fingerprint density at radius 1 is 1.19 bits per heavy atom. The maximum absolute atomic E-state index is 11.8. The first-order chi connectivity index (χ1) is 13.0. The topological polar surface area (TPSA) is 79.8 Å². The molecule has 0 aliphatic rings. The molecule has 0 radical (unpaired) electrons. The summed E-state index contributed by atoms with van der Waals surface area (Å²) in [4.78, 5) is 23.7. The van der Waals surface area contributed by atoms with Gasteiger partial charge in [-0.05, 0) is 30.7 Å². The molecule has 140 valence electrons. The van der Waals surface area contributed by atoms with Crippen molar-refractivity contribution < 1.29 is 14.3 Å². The van der Waals surface area contributed by atoms with Crippen LogP contribution in [0.25, 0.3) is 0 Å². The average Bonchev–Trinajstić information content (AvgIpc) is 2.66. The Balaban J connectivity index is 1.90. The smallest absolute Gasteiger partial charge is 0.329 e. The lowest BCUT2D eigenvalue weighted by Crippen LogP contribution is -2.37. The first-order valence-corrected chi connectivity index (χ1v) is 8.57. The normalized spacial score (nSPS) is 10.4. The van der Waals surface area contributed by atoms with E-state index >= 15 is 0 Å². The summed E-state index contributed by atoms with van der Waals surface area (Å²) in [5.41, 5.74) is 4.76. The van der Waals surface area contributed by atoms with Gasteiger partial charge in [0.05, 0.1) is 6.21 Å². The lowest BCUT2D eigenvalue weighted by atomic mass is 10.1. The highest BCUT2D eigenvalue weighted by Gasteiger charge is 2.12. The SMILES string of the molecule is C=CCOc1ccc(Cl)cc1/C=N\NC(=O)C(=O)NCc1ccc(C)cc1. The van der Waals surface area contributed by atoms with E-state index in [1.807, 2.05) is 31.2 Å². The van der Waals surface area contributed by atoms with Crippen LogP contribution < -0.4 is 15.5 Å². The summed E-state index contributed by atoms with van der Waals surface area (Å²) in [6.45, 7) is 6.13. The van der Waals surface area contributed by atoms with Crippen LogP contribution >= 0.6 is 11.6 Å². The van der Waals surface area contributed by atoms with Gasteiger partial charge >= 0.3 is 11.8 Å². The zero-order valence-corrected chi connectivity index (χ0v) is 15.6. The summed E-state index contributed by atoms with van der Waals surface area (Å²) in [7, 11) is 0. The predicted octanol–water partition coefficient (Wildman–Crippen LogP) is 2.98. The predicted molar refractivity (Wildman–Crippen MR) is 106 cm³/mol. The van der Waals surface area contributed by atoms with E-state index in [1.54, 1.807) is 24.3 Å². The molecule has 0 spiro atoms. The van der Waals surface area contributed by atoms with Crippen LogP contribution in [0.4, 0.5) is 0 Å². The second-order valence-electron chi connectivity index (χ2n) is 5.65. The minimum absolute atomic E-state index is 0.254. The molecular formula is C20H20ClN3O3. The molecule has 0 aliphatic heterocycles. The fourth-order valence-corrected chi connectivity index (χ4v) is 2.26. The molecule has 7 heteroatoms. The van der Waals surface area contributed by atoms with Crippen LogP contribution in [-0.2, 0) is 16.1 Å². The summed E-state index contributed by atoms with van der Waals surface area (Å²) < 4.78 is 5.48. The average molecular weight is 386 g/mol. The molecule has 0 aliphatic carbocycles. The van der Waals surface area contributed by atoms with Gasteiger partial charge in [-0.3, -0.25) is 9.59 Å². The highest BCUT2D eigenvalue weighted by atomic mass is 35.5.